The van der Waals surface area contributed by atoms with Crippen molar-refractivity contribution < 1.29 is 22.3 Å². The van der Waals surface area contributed by atoms with E-state index >= 15 is 0 Å². The predicted molar refractivity (Wildman–Crippen MR) is 107 cm³/mol. The van der Waals surface area contributed by atoms with Crippen LogP contribution in [0.2, 0.25) is 0 Å². The van der Waals surface area contributed by atoms with Crippen LogP contribution in [0.15, 0.2) is 18.2 Å². The van der Waals surface area contributed by atoms with Crippen molar-refractivity contribution in [3.05, 3.63) is 29.6 Å². The van der Waals surface area contributed by atoms with Gasteiger partial charge in [-0.3, -0.25) is 0 Å². The van der Waals surface area contributed by atoms with Crippen molar-refractivity contribution in [3.8, 4) is 5.75 Å². The van der Waals surface area contributed by atoms with Crippen LogP contribution < -0.4 is 4.74 Å². The van der Waals surface area contributed by atoms with Gasteiger partial charge in [-0.05, 0) is 61.6 Å². The summed E-state index contributed by atoms with van der Waals surface area (Å²) in [5.41, 5.74) is 0.872. The molecule has 1 aromatic rings. The van der Waals surface area contributed by atoms with E-state index in [4.69, 9.17) is 9.47 Å². The predicted octanol–water partition coefficient (Wildman–Crippen LogP) is 4.56. The van der Waals surface area contributed by atoms with Gasteiger partial charge in [0.15, 0.2) is 21.4 Å². The second kappa shape index (κ2) is 9.87. The van der Waals surface area contributed by atoms with E-state index in [2.05, 4.69) is 20.8 Å². The Balaban J connectivity index is 1.78. The van der Waals surface area contributed by atoms with Crippen LogP contribution in [0.5, 0.6) is 5.75 Å². The van der Waals surface area contributed by atoms with Gasteiger partial charge >= 0.3 is 0 Å². The van der Waals surface area contributed by atoms with Crippen molar-refractivity contribution in [2.24, 2.45) is 5.41 Å². The molecule has 0 spiro atoms. The van der Waals surface area contributed by atoms with Crippen LogP contribution in [-0.4, -0.2) is 39.2 Å². The van der Waals surface area contributed by atoms with Gasteiger partial charge in [0.05, 0.1) is 24.2 Å². The summed E-state index contributed by atoms with van der Waals surface area (Å²) in [5, 5.41) is 0. The van der Waals surface area contributed by atoms with Crippen molar-refractivity contribution in [2.45, 2.75) is 65.4 Å². The second-order valence-electron chi connectivity index (χ2n) is 8.66. The molecule has 0 N–H and O–H groups in total. The number of hydrogen-bond acceptors (Lipinski definition) is 4. The number of rotatable bonds is 10. The minimum absolute atomic E-state index is 0.0563. The number of aryl methyl sites for hydroxylation is 1. The van der Waals surface area contributed by atoms with Crippen molar-refractivity contribution in [3.63, 3.8) is 0 Å². The maximum Gasteiger partial charge on any atom is 0.165 e. The Hall–Kier alpha value is -1.14. The third-order valence-electron chi connectivity index (χ3n) is 4.57. The van der Waals surface area contributed by atoms with Crippen molar-refractivity contribution in [1.29, 1.82) is 0 Å². The molecule has 1 aromatic carbocycles. The number of ether oxygens (including phenoxy) is 2. The Morgan fingerprint density at radius 1 is 1.15 bits per heavy atom. The maximum absolute atomic E-state index is 14.0. The topological polar surface area (TPSA) is 52.6 Å². The molecule has 0 aromatic heterocycles. The van der Waals surface area contributed by atoms with E-state index in [0.717, 1.165) is 31.2 Å². The molecule has 6 heteroatoms. The highest BCUT2D eigenvalue weighted by Crippen LogP contribution is 2.27. The van der Waals surface area contributed by atoms with E-state index in [0.29, 0.717) is 26.1 Å². The molecular formula is C21H33FO4S. The molecule has 1 saturated carbocycles. The van der Waals surface area contributed by atoms with E-state index in [9.17, 15) is 12.8 Å². The van der Waals surface area contributed by atoms with Crippen LogP contribution in [0, 0.1) is 11.2 Å². The molecule has 0 unspecified atom stereocenters. The summed E-state index contributed by atoms with van der Waals surface area (Å²) in [4.78, 5) is 0. The zero-order valence-electron chi connectivity index (χ0n) is 16.8. The normalized spacial score (nSPS) is 16.0. The number of sulfone groups is 1. The van der Waals surface area contributed by atoms with E-state index in [1.54, 1.807) is 12.1 Å². The van der Waals surface area contributed by atoms with Crippen LogP contribution in [0.4, 0.5) is 4.39 Å². The largest absolute Gasteiger partial charge is 0.487 e. The molecule has 2 rings (SSSR count). The minimum Gasteiger partial charge on any atom is -0.487 e. The molecule has 1 aliphatic carbocycles. The molecule has 27 heavy (non-hydrogen) atoms. The zero-order valence-corrected chi connectivity index (χ0v) is 17.6. The number of hydrogen-bond donors (Lipinski definition) is 0. The zero-order chi connectivity index (χ0) is 19.9. The summed E-state index contributed by atoms with van der Waals surface area (Å²) in [6.45, 7) is 7.31. The van der Waals surface area contributed by atoms with Gasteiger partial charge in [0.1, 0.15) is 0 Å². The lowest BCUT2D eigenvalue weighted by molar-refractivity contribution is 0.0720. The minimum atomic E-state index is -3.16. The lowest BCUT2D eigenvalue weighted by Gasteiger charge is -2.17. The van der Waals surface area contributed by atoms with Crippen LogP contribution >= 0.6 is 0 Å². The van der Waals surface area contributed by atoms with Gasteiger partial charge < -0.3 is 9.47 Å². The number of benzene rings is 1. The Bertz CT molecular complexity index is 689. The number of halogens is 1. The average Bonchev–Trinajstić information content (AvgIpc) is 3.07. The molecule has 0 atom stereocenters. The fourth-order valence-corrected chi connectivity index (χ4v) is 4.42. The summed E-state index contributed by atoms with van der Waals surface area (Å²) >= 11 is 0. The van der Waals surface area contributed by atoms with E-state index in [1.165, 1.54) is 6.07 Å². The van der Waals surface area contributed by atoms with Crippen molar-refractivity contribution in [1.82, 2.24) is 0 Å². The van der Waals surface area contributed by atoms with Gasteiger partial charge in [0, 0.05) is 6.61 Å². The Labute approximate surface area is 163 Å². The van der Waals surface area contributed by atoms with Crippen LogP contribution in [0.1, 0.15) is 58.4 Å². The quantitative estimate of drug-likeness (QED) is 0.541. The highest BCUT2D eigenvalue weighted by atomic mass is 32.2. The first-order chi connectivity index (χ1) is 12.6. The van der Waals surface area contributed by atoms with Gasteiger partial charge in [-0.25, -0.2) is 12.8 Å². The van der Waals surface area contributed by atoms with Crippen molar-refractivity contribution >= 4 is 9.84 Å². The van der Waals surface area contributed by atoms with E-state index in [-0.39, 0.29) is 34.6 Å². The lowest BCUT2D eigenvalue weighted by Crippen LogP contribution is -2.18. The van der Waals surface area contributed by atoms with E-state index in [1.807, 2.05) is 0 Å². The second-order valence-corrected chi connectivity index (χ2v) is 11.0. The van der Waals surface area contributed by atoms with Crippen LogP contribution in [-0.2, 0) is 21.0 Å². The molecular weight excluding hydrogens is 367 g/mol. The molecule has 0 saturated heterocycles. The van der Waals surface area contributed by atoms with Gasteiger partial charge in [0.25, 0.3) is 0 Å². The van der Waals surface area contributed by atoms with Crippen LogP contribution in [0.3, 0.4) is 0 Å². The monoisotopic (exact) mass is 400 g/mol. The standard InChI is InChI=1S/C21H33FO4S/c1-21(2,3)16-25-12-6-13-27(23,24)14-11-17-9-10-19(22)20(15-17)26-18-7-4-5-8-18/h9-10,15,18H,4-8,11-14,16H2,1-3H3. The summed E-state index contributed by atoms with van der Waals surface area (Å²) in [6, 6.07) is 4.65. The third-order valence-corrected chi connectivity index (χ3v) is 6.31. The summed E-state index contributed by atoms with van der Waals surface area (Å²) in [5.74, 6) is 0.0294. The van der Waals surface area contributed by atoms with Gasteiger partial charge in [-0.2, -0.15) is 0 Å². The average molecular weight is 401 g/mol. The molecule has 0 amide bonds. The fraction of sp³-hybridized carbons (Fsp3) is 0.714. The van der Waals surface area contributed by atoms with Crippen LogP contribution in [0.25, 0.3) is 0 Å². The molecule has 0 radical (unpaired) electrons. The Kier molecular flexibility index (Phi) is 8.10. The summed E-state index contributed by atoms with van der Waals surface area (Å²) in [6.07, 6.45) is 5.08. The molecule has 1 aliphatic rings. The smallest absolute Gasteiger partial charge is 0.165 e. The SMILES string of the molecule is CC(C)(C)COCCCS(=O)(=O)CCc1ccc(F)c(OC2CCCC2)c1. The summed E-state index contributed by atoms with van der Waals surface area (Å²) < 4.78 is 49.7. The van der Waals surface area contributed by atoms with Gasteiger partial charge in [0.2, 0.25) is 0 Å². The molecule has 1 fully saturated rings. The molecule has 0 bridgehead atoms. The van der Waals surface area contributed by atoms with E-state index < -0.39 is 9.84 Å². The first-order valence-corrected chi connectivity index (χ1v) is 11.7. The van der Waals surface area contributed by atoms with Crippen molar-refractivity contribution in [2.75, 3.05) is 24.7 Å². The Morgan fingerprint density at radius 3 is 2.52 bits per heavy atom. The molecule has 0 heterocycles. The maximum atomic E-state index is 14.0. The third kappa shape index (κ3) is 8.60. The highest BCUT2D eigenvalue weighted by Gasteiger charge is 2.19. The molecule has 0 aliphatic heterocycles. The van der Waals surface area contributed by atoms with Gasteiger partial charge in [-0.15, -0.1) is 0 Å². The molecule has 4 nitrogen and oxygen atoms in total. The first-order valence-electron chi connectivity index (χ1n) is 9.88. The summed E-state index contributed by atoms with van der Waals surface area (Å²) in [7, 11) is -3.16. The fourth-order valence-electron chi connectivity index (χ4n) is 3.11. The lowest BCUT2D eigenvalue weighted by atomic mass is 9.99. The first kappa shape index (κ1) is 22.2. The Morgan fingerprint density at radius 2 is 1.85 bits per heavy atom. The highest BCUT2D eigenvalue weighted by molar-refractivity contribution is 7.91. The van der Waals surface area contributed by atoms with Gasteiger partial charge in [-0.1, -0.05) is 26.8 Å². The molecule has 154 valence electrons.